The van der Waals surface area contributed by atoms with Gasteiger partial charge in [0.1, 0.15) is 0 Å². The fraction of sp³-hybridized carbons (Fsp3) is 0. The van der Waals surface area contributed by atoms with Crippen LogP contribution < -0.4 is 0 Å². The van der Waals surface area contributed by atoms with Crippen LogP contribution in [0.1, 0.15) is 0 Å². The Kier molecular flexibility index (Phi) is 7300. The third-order valence-electron chi connectivity index (χ3n) is 0. The van der Waals surface area contributed by atoms with Gasteiger partial charge in [0.25, 0.3) is 0 Å². The van der Waals surface area contributed by atoms with E-state index in [1.165, 1.54) is 0 Å². The molecule has 57 valence electrons. The third kappa shape index (κ3) is 258. The molecule has 0 aliphatic rings. The topological polar surface area (TPSA) is 189 Å². The number of hydrogen-bond donors (Lipinski definition) is 0. The van der Waals surface area contributed by atoms with E-state index in [-0.39, 0.29) is 32.9 Å². The molecule has 0 atom stereocenters. The SMILES string of the molecule is O.O.O.O.O.O.[Cl][Hg]. The van der Waals surface area contributed by atoms with Gasteiger partial charge in [0, 0.05) is 0 Å². The molecule has 0 unspecified atom stereocenters. The van der Waals surface area contributed by atoms with Gasteiger partial charge in [0.15, 0.2) is 0 Å². The first-order valence-electron chi connectivity index (χ1n) is 0.267. The summed E-state index contributed by atoms with van der Waals surface area (Å²) in [6.45, 7) is 0. The molecular formula is H12ClHgO6. The summed E-state index contributed by atoms with van der Waals surface area (Å²) < 4.78 is 0. The normalized spacial score (nSPS) is 0.875. The van der Waals surface area contributed by atoms with E-state index in [2.05, 4.69) is 0 Å². The Morgan fingerprint density at radius 3 is 0.500 bits per heavy atom. The summed E-state index contributed by atoms with van der Waals surface area (Å²) in [5, 5.41) is 0. The molecule has 0 saturated carbocycles. The average molecular weight is 344 g/mol. The van der Waals surface area contributed by atoms with Crippen molar-refractivity contribution < 1.29 is 57.7 Å². The van der Waals surface area contributed by atoms with Crippen LogP contribution in [0.25, 0.3) is 0 Å². The molecular weight excluding hydrogens is 332 g/mol. The molecule has 0 radical (unpaired) electrons. The molecule has 0 rings (SSSR count). The molecule has 0 aliphatic heterocycles. The zero-order valence-electron chi connectivity index (χ0n) is 4.09. The van der Waals surface area contributed by atoms with E-state index >= 15 is 0 Å². The molecule has 8 heteroatoms. The first kappa shape index (κ1) is 145. The van der Waals surface area contributed by atoms with E-state index in [0.717, 1.165) is 0 Å². The molecule has 12 N–H and O–H groups in total. The van der Waals surface area contributed by atoms with Crippen molar-refractivity contribution in [3.63, 3.8) is 0 Å². The van der Waals surface area contributed by atoms with Crippen LogP contribution in [-0.4, -0.2) is 32.9 Å². The van der Waals surface area contributed by atoms with Crippen molar-refractivity contribution in [1.29, 1.82) is 0 Å². The van der Waals surface area contributed by atoms with Gasteiger partial charge in [-0.25, -0.2) is 0 Å². The van der Waals surface area contributed by atoms with Crippen LogP contribution in [0.3, 0.4) is 0 Å². The molecule has 0 aliphatic carbocycles. The zero-order valence-corrected chi connectivity index (χ0v) is 10.3. The molecule has 0 fully saturated rings. The van der Waals surface area contributed by atoms with E-state index in [1.54, 1.807) is 0 Å². The van der Waals surface area contributed by atoms with Crippen molar-refractivity contribution in [1.82, 2.24) is 0 Å². The second-order valence-corrected chi connectivity index (χ2v) is 0. The maximum atomic E-state index is 4.83. The summed E-state index contributed by atoms with van der Waals surface area (Å²) in [5.74, 6) is 0. The summed E-state index contributed by atoms with van der Waals surface area (Å²) in [5.41, 5.74) is 0. The Balaban J connectivity index is -0.000000000333. The molecule has 0 amide bonds. The molecule has 0 aromatic rings. The van der Waals surface area contributed by atoms with Crippen molar-refractivity contribution >= 4 is 8.25 Å². The standard InChI is InChI=1S/ClH.Hg.6H2O/h1H;;6*1H2/q;+1;;;;;;/p-1. The van der Waals surface area contributed by atoms with Crippen molar-refractivity contribution in [2.24, 2.45) is 0 Å². The van der Waals surface area contributed by atoms with Crippen molar-refractivity contribution in [2.75, 3.05) is 0 Å². The van der Waals surface area contributed by atoms with Gasteiger partial charge in [-0.2, -0.15) is 0 Å². The second kappa shape index (κ2) is 402. The zero-order chi connectivity index (χ0) is 2.00. The summed E-state index contributed by atoms with van der Waals surface area (Å²) in [6.07, 6.45) is 0. The fourth-order valence-electron chi connectivity index (χ4n) is 0. The van der Waals surface area contributed by atoms with Crippen LogP contribution >= 0.6 is 8.25 Å². The molecule has 0 aromatic carbocycles. The quantitative estimate of drug-likeness (QED) is 0.385. The van der Waals surface area contributed by atoms with Crippen LogP contribution in [0.15, 0.2) is 0 Å². The van der Waals surface area contributed by atoms with Crippen LogP contribution in [0.2, 0.25) is 0 Å². The van der Waals surface area contributed by atoms with Crippen molar-refractivity contribution in [3.8, 4) is 0 Å². The predicted octanol–water partition coefficient (Wildman–Crippen LogP) is -4.26. The summed E-state index contributed by atoms with van der Waals surface area (Å²) in [7, 11) is 4.83. The summed E-state index contributed by atoms with van der Waals surface area (Å²) >= 11 is 0.500. The molecule has 6 nitrogen and oxygen atoms in total. The molecule has 0 bridgehead atoms. The van der Waals surface area contributed by atoms with Gasteiger partial charge in [-0.1, -0.05) is 0 Å². The molecule has 0 saturated heterocycles. The van der Waals surface area contributed by atoms with Gasteiger partial charge in [-0.15, -0.1) is 0 Å². The number of rotatable bonds is 0. The Morgan fingerprint density at radius 2 is 0.500 bits per heavy atom. The van der Waals surface area contributed by atoms with Crippen LogP contribution in [-0.2, 0) is 24.9 Å². The van der Waals surface area contributed by atoms with Crippen molar-refractivity contribution in [2.45, 2.75) is 0 Å². The fourth-order valence-corrected chi connectivity index (χ4v) is 0. The van der Waals surface area contributed by atoms with Gasteiger partial charge in [0.05, 0.1) is 0 Å². The summed E-state index contributed by atoms with van der Waals surface area (Å²) in [6, 6.07) is 0. The Hall–Kier alpha value is 0.985. The van der Waals surface area contributed by atoms with Gasteiger partial charge in [-0.05, 0) is 0 Å². The molecule has 8 heavy (non-hydrogen) atoms. The van der Waals surface area contributed by atoms with E-state index in [9.17, 15) is 0 Å². The molecule has 0 spiro atoms. The molecule has 0 aromatic heterocycles. The predicted molar refractivity (Wildman–Crippen MR) is 27.5 cm³/mol. The van der Waals surface area contributed by atoms with Gasteiger partial charge in [0.2, 0.25) is 0 Å². The summed E-state index contributed by atoms with van der Waals surface area (Å²) in [4.78, 5) is 0. The number of hydrogen-bond acceptors (Lipinski definition) is 0. The average Bonchev–Trinajstić information content (AvgIpc) is 1.00. The van der Waals surface area contributed by atoms with E-state index in [0.29, 0.717) is 24.9 Å². The maximum absolute atomic E-state index is 4.83. The van der Waals surface area contributed by atoms with E-state index in [1.807, 2.05) is 0 Å². The van der Waals surface area contributed by atoms with Gasteiger partial charge < -0.3 is 32.9 Å². The monoisotopic (exact) mass is 345 g/mol. The van der Waals surface area contributed by atoms with E-state index in [4.69, 9.17) is 8.25 Å². The first-order valence-corrected chi connectivity index (χ1v) is 7.04. The first-order chi connectivity index (χ1) is 1.00. The Bertz CT molecular complexity index is 8.49. The minimum atomic E-state index is 0. The molecule has 0 heterocycles. The van der Waals surface area contributed by atoms with Crippen LogP contribution in [0, 0.1) is 0 Å². The third-order valence-corrected chi connectivity index (χ3v) is 0. The Labute approximate surface area is 66.1 Å². The Morgan fingerprint density at radius 1 is 0.500 bits per heavy atom. The second-order valence-electron chi connectivity index (χ2n) is 0. The van der Waals surface area contributed by atoms with Crippen LogP contribution in [0.4, 0.5) is 0 Å². The van der Waals surface area contributed by atoms with Crippen molar-refractivity contribution in [3.05, 3.63) is 0 Å². The van der Waals surface area contributed by atoms with Gasteiger partial charge >= 0.3 is 33.1 Å². The van der Waals surface area contributed by atoms with E-state index < -0.39 is 0 Å². The number of halogens is 1. The van der Waals surface area contributed by atoms with Crippen LogP contribution in [0.5, 0.6) is 0 Å². The minimum absolute atomic E-state index is 0. The van der Waals surface area contributed by atoms with Gasteiger partial charge in [-0.3, -0.25) is 0 Å².